The van der Waals surface area contributed by atoms with Crippen LogP contribution in [0.4, 0.5) is 5.69 Å². The van der Waals surface area contributed by atoms with Gasteiger partial charge in [0.25, 0.3) is 0 Å². The molecule has 2 aliphatic rings. The number of anilines is 1. The first-order valence-electron chi connectivity index (χ1n) is 9.95. The summed E-state index contributed by atoms with van der Waals surface area (Å²) in [5.74, 6) is 0.0569. The molecule has 7 heteroatoms. The summed E-state index contributed by atoms with van der Waals surface area (Å²) in [6, 6.07) is 11.2. The largest absolute Gasteiger partial charge is 0.494 e. The lowest BCUT2D eigenvalue weighted by Gasteiger charge is -2.27. The van der Waals surface area contributed by atoms with E-state index in [-0.39, 0.29) is 5.88 Å². The summed E-state index contributed by atoms with van der Waals surface area (Å²) in [7, 11) is 0. The van der Waals surface area contributed by atoms with E-state index in [1.54, 1.807) is 6.20 Å². The van der Waals surface area contributed by atoms with E-state index in [4.69, 9.17) is 16.6 Å². The lowest BCUT2D eigenvalue weighted by atomic mass is 10.0. The van der Waals surface area contributed by atoms with E-state index in [2.05, 4.69) is 38.4 Å². The molecule has 146 valence electrons. The highest BCUT2D eigenvalue weighted by Gasteiger charge is 2.38. The average molecular weight is 406 g/mol. The highest BCUT2D eigenvalue weighted by Crippen LogP contribution is 2.42. The van der Waals surface area contributed by atoms with Gasteiger partial charge in [-0.1, -0.05) is 35.9 Å². The van der Waals surface area contributed by atoms with Gasteiger partial charge in [0.15, 0.2) is 5.88 Å². The predicted octanol–water partition coefficient (Wildman–Crippen LogP) is 4.08. The summed E-state index contributed by atoms with van der Waals surface area (Å²) in [6.45, 7) is 2.11. The number of hydrogen-bond donors (Lipinski definition) is 3. The van der Waals surface area contributed by atoms with Gasteiger partial charge in [-0.25, -0.2) is 4.98 Å². The van der Waals surface area contributed by atoms with Crippen LogP contribution in [0.5, 0.6) is 5.88 Å². The summed E-state index contributed by atoms with van der Waals surface area (Å²) >= 11 is 6.18. The number of halogens is 1. The summed E-state index contributed by atoms with van der Waals surface area (Å²) in [5.41, 5.74) is 3.13. The number of benzene rings is 1. The zero-order valence-corrected chi connectivity index (χ0v) is 16.4. The summed E-state index contributed by atoms with van der Waals surface area (Å²) in [5, 5.41) is 17.7. The van der Waals surface area contributed by atoms with E-state index >= 15 is 0 Å². The standard InChI is InChI=1S/C22H20ClN5O/c23-12-9-15-19(22(29)27-21(15)26-10-12)20-14-4-2-1-3-13(14)18(11-25-20)28-8-6-16-17(28)5-7-24-16/h1-4,9-11,16-17,24,29H,5-8H2,(H,26,27). The van der Waals surface area contributed by atoms with Crippen LogP contribution >= 0.6 is 11.6 Å². The van der Waals surface area contributed by atoms with Crippen LogP contribution in [0.3, 0.4) is 0 Å². The second kappa shape index (κ2) is 6.34. The molecule has 6 rings (SSSR count). The third-order valence-corrected chi connectivity index (χ3v) is 6.52. The molecule has 0 amide bonds. The normalized spacial score (nSPS) is 21.3. The van der Waals surface area contributed by atoms with Crippen molar-refractivity contribution in [2.45, 2.75) is 24.9 Å². The number of aromatic amines is 1. The van der Waals surface area contributed by atoms with Gasteiger partial charge in [0.2, 0.25) is 0 Å². The summed E-state index contributed by atoms with van der Waals surface area (Å²) in [4.78, 5) is 14.6. The molecule has 1 aromatic carbocycles. The van der Waals surface area contributed by atoms with Gasteiger partial charge in [0, 0.05) is 41.0 Å². The van der Waals surface area contributed by atoms with Crippen LogP contribution in [0.2, 0.25) is 5.02 Å². The molecule has 6 nitrogen and oxygen atoms in total. The van der Waals surface area contributed by atoms with Crippen LogP contribution in [0, 0.1) is 0 Å². The zero-order chi connectivity index (χ0) is 19.5. The number of pyridine rings is 2. The molecule has 5 heterocycles. The molecular formula is C22H20ClN5O. The lowest BCUT2D eigenvalue weighted by molar-refractivity contribution is 0.460. The van der Waals surface area contributed by atoms with Crippen molar-refractivity contribution in [1.29, 1.82) is 0 Å². The first-order valence-corrected chi connectivity index (χ1v) is 10.3. The topological polar surface area (TPSA) is 77.1 Å². The first kappa shape index (κ1) is 17.1. The van der Waals surface area contributed by atoms with Crippen LogP contribution in [0.25, 0.3) is 33.1 Å². The van der Waals surface area contributed by atoms with Gasteiger partial charge in [0.1, 0.15) is 5.65 Å². The van der Waals surface area contributed by atoms with Crippen LogP contribution < -0.4 is 10.2 Å². The van der Waals surface area contributed by atoms with Gasteiger partial charge >= 0.3 is 0 Å². The minimum absolute atomic E-state index is 0.0569. The molecule has 0 bridgehead atoms. The van der Waals surface area contributed by atoms with Crippen LogP contribution in [0.1, 0.15) is 12.8 Å². The molecule has 2 saturated heterocycles. The highest BCUT2D eigenvalue weighted by atomic mass is 35.5. The van der Waals surface area contributed by atoms with Gasteiger partial charge < -0.3 is 20.3 Å². The van der Waals surface area contributed by atoms with E-state index in [9.17, 15) is 5.11 Å². The Labute approximate surface area is 172 Å². The molecule has 29 heavy (non-hydrogen) atoms. The number of nitrogens with one attached hydrogen (secondary N) is 2. The Bertz CT molecular complexity index is 1250. The molecule has 4 aromatic rings. The van der Waals surface area contributed by atoms with Crippen molar-refractivity contribution in [3.8, 4) is 17.1 Å². The van der Waals surface area contributed by atoms with E-state index in [0.29, 0.717) is 28.3 Å². The molecule has 0 aliphatic carbocycles. The SMILES string of the molecule is Oc1[nH]c2ncc(Cl)cc2c1-c1ncc(N2CCC3NCCC32)c2ccccc12. The van der Waals surface area contributed by atoms with Gasteiger partial charge in [-0.2, -0.15) is 0 Å². The van der Waals surface area contributed by atoms with E-state index in [1.165, 1.54) is 0 Å². The van der Waals surface area contributed by atoms with Gasteiger partial charge in [-0.05, 0) is 25.5 Å². The number of H-pyrrole nitrogens is 1. The van der Waals surface area contributed by atoms with Crippen LogP contribution in [-0.2, 0) is 0 Å². The van der Waals surface area contributed by atoms with Crippen molar-refractivity contribution in [2.75, 3.05) is 18.0 Å². The molecule has 2 unspecified atom stereocenters. The molecule has 0 spiro atoms. The third-order valence-electron chi connectivity index (χ3n) is 6.31. The number of aromatic hydroxyl groups is 1. The van der Waals surface area contributed by atoms with Crippen molar-refractivity contribution in [3.63, 3.8) is 0 Å². The summed E-state index contributed by atoms with van der Waals surface area (Å²) < 4.78 is 0. The Hall–Kier alpha value is -2.83. The monoisotopic (exact) mass is 405 g/mol. The number of hydrogen-bond acceptors (Lipinski definition) is 5. The maximum atomic E-state index is 10.6. The molecule has 3 N–H and O–H groups in total. The smallest absolute Gasteiger partial charge is 0.200 e. The fourth-order valence-corrected chi connectivity index (χ4v) is 5.20. The van der Waals surface area contributed by atoms with Crippen molar-refractivity contribution < 1.29 is 5.11 Å². The van der Waals surface area contributed by atoms with Crippen molar-refractivity contribution in [3.05, 3.63) is 47.7 Å². The third kappa shape index (κ3) is 2.52. The quantitative estimate of drug-likeness (QED) is 0.468. The van der Waals surface area contributed by atoms with Crippen LogP contribution in [-0.4, -0.2) is 45.2 Å². The molecule has 2 aliphatic heterocycles. The number of fused-ring (bicyclic) bond motifs is 3. The van der Waals surface area contributed by atoms with Crippen molar-refractivity contribution in [1.82, 2.24) is 20.3 Å². The van der Waals surface area contributed by atoms with Crippen LogP contribution in [0.15, 0.2) is 42.7 Å². The number of aromatic nitrogens is 3. The van der Waals surface area contributed by atoms with Gasteiger partial charge in [-0.15, -0.1) is 0 Å². The minimum Gasteiger partial charge on any atom is -0.494 e. The van der Waals surface area contributed by atoms with E-state index in [1.807, 2.05) is 18.3 Å². The van der Waals surface area contributed by atoms with E-state index in [0.717, 1.165) is 53.5 Å². The average Bonchev–Trinajstić information content (AvgIpc) is 3.41. The summed E-state index contributed by atoms with van der Waals surface area (Å²) in [6.07, 6.45) is 5.84. The van der Waals surface area contributed by atoms with E-state index < -0.39 is 0 Å². The Morgan fingerprint density at radius 1 is 1.07 bits per heavy atom. The second-order valence-corrected chi connectivity index (χ2v) is 8.27. The fraction of sp³-hybridized carbons (Fsp3) is 0.273. The molecule has 3 aromatic heterocycles. The van der Waals surface area contributed by atoms with Crippen molar-refractivity contribution in [2.24, 2.45) is 0 Å². The molecular weight excluding hydrogens is 386 g/mol. The fourth-order valence-electron chi connectivity index (χ4n) is 5.04. The molecule has 0 saturated carbocycles. The Balaban J connectivity index is 1.57. The lowest BCUT2D eigenvalue weighted by Crippen LogP contribution is -2.34. The first-order chi connectivity index (χ1) is 14.2. The highest BCUT2D eigenvalue weighted by molar-refractivity contribution is 6.31. The molecule has 2 atom stereocenters. The second-order valence-electron chi connectivity index (χ2n) is 7.83. The molecule has 2 fully saturated rings. The minimum atomic E-state index is 0.0569. The number of nitrogens with zero attached hydrogens (tertiary/aromatic N) is 3. The maximum Gasteiger partial charge on any atom is 0.200 e. The Morgan fingerprint density at radius 2 is 1.93 bits per heavy atom. The Morgan fingerprint density at radius 3 is 2.83 bits per heavy atom. The predicted molar refractivity (Wildman–Crippen MR) is 116 cm³/mol. The Kier molecular flexibility index (Phi) is 3.73. The number of rotatable bonds is 2. The zero-order valence-electron chi connectivity index (χ0n) is 15.7. The van der Waals surface area contributed by atoms with Gasteiger partial charge in [-0.3, -0.25) is 4.98 Å². The molecule has 0 radical (unpaired) electrons. The maximum absolute atomic E-state index is 10.6. The van der Waals surface area contributed by atoms with Gasteiger partial charge in [0.05, 0.1) is 28.2 Å². The van der Waals surface area contributed by atoms with Crippen molar-refractivity contribution >= 4 is 39.1 Å².